The summed E-state index contributed by atoms with van der Waals surface area (Å²) in [4.78, 5) is 23.6. The summed E-state index contributed by atoms with van der Waals surface area (Å²) in [5.41, 5.74) is 5.86. The Morgan fingerprint density at radius 3 is 2.46 bits per heavy atom. The van der Waals surface area contributed by atoms with Crippen molar-refractivity contribution in [2.45, 2.75) is 25.8 Å². The summed E-state index contributed by atoms with van der Waals surface area (Å²) in [6.07, 6.45) is 4.42. The Labute approximate surface area is 160 Å². The molecule has 0 saturated carbocycles. The molecule has 0 unspecified atom stereocenters. The molecule has 1 aromatic carbocycles. The van der Waals surface area contributed by atoms with Gasteiger partial charge in [-0.15, -0.1) is 0 Å². The summed E-state index contributed by atoms with van der Waals surface area (Å²) in [7, 11) is 0. The second-order valence-electron chi connectivity index (χ2n) is 6.84. The third-order valence-corrected chi connectivity index (χ3v) is 4.15. The smallest absolute Gasteiger partial charge is 0.223 e. The summed E-state index contributed by atoms with van der Waals surface area (Å²) < 4.78 is 28.2. The van der Waals surface area contributed by atoms with Gasteiger partial charge in [0.05, 0.1) is 12.0 Å². The lowest BCUT2D eigenvalue weighted by atomic mass is 9.99. The molecule has 3 N–H and O–H groups in total. The van der Waals surface area contributed by atoms with Crippen LogP contribution >= 0.6 is 0 Å². The average molecular weight is 383 g/mol. The summed E-state index contributed by atoms with van der Waals surface area (Å²) >= 11 is 0. The van der Waals surface area contributed by atoms with E-state index in [1.807, 2.05) is 0 Å². The first-order valence-electron chi connectivity index (χ1n) is 8.54. The first-order valence-corrected chi connectivity index (χ1v) is 8.54. The molecule has 3 rings (SSSR count). The van der Waals surface area contributed by atoms with Gasteiger partial charge in [-0.3, -0.25) is 9.78 Å². The number of nitrogens with zero attached hydrogens (tertiary/aromatic N) is 3. The fourth-order valence-corrected chi connectivity index (χ4v) is 2.82. The van der Waals surface area contributed by atoms with Crippen LogP contribution in [0.4, 0.5) is 14.7 Å². The van der Waals surface area contributed by atoms with Gasteiger partial charge in [0.2, 0.25) is 11.9 Å². The fourth-order valence-electron chi connectivity index (χ4n) is 2.82. The van der Waals surface area contributed by atoms with Gasteiger partial charge < -0.3 is 11.1 Å². The highest BCUT2D eigenvalue weighted by molar-refractivity contribution is 5.77. The number of carbonyl (C=O) groups excluding carboxylic acids is 1. The number of amides is 1. The van der Waals surface area contributed by atoms with Crippen LogP contribution in [0.1, 0.15) is 25.1 Å². The molecule has 0 aliphatic rings. The molecule has 0 spiro atoms. The van der Waals surface area contributed by atoms with Gasteiger partial charge in [0.1, 0.15) is 17.3 Å². The predicted octanol–water partition coefficient (Wildman–Crippen LogP) is 3.19. The number of aromatic nitrogens is 3. The minimum atomic E-state index is -0.862. The number of carbonyl (C=O) groups is 1. The molecule has 28 heavy (non-hydrogen) atoms. The Morgan fingerprint density at radius 1 is 1.11 bits per heavy atom. The van der Waals surface area contributed by atoms with Crippen molar-refractivity contribution in [1.29, 1.82) is 0 Å². The maximum absolute atomic E-state index is 14.2. The van der Waals surface area contributed by atoms with E-state index in [-0.39, 0.29) is 23.6 Å². The summed E-state index contributed by atoms with van der Waals surface area (Å²) in [6.45, 7) is 3.51. The van der Waals surface area contributed by atoms with Gasteiger partial charge in [-0.1, -0.05) is 6.07 Å². The van der Waals surface area contributed by atoms with Gasteiger partial charge in [0.25, 0.3) is 0 Å². The van der Waals surface area contributed by atoms with Crippen LogP contribution in [0.2, 0.25) is 0 Å². The quantitative estimate of drug-likeness (QED) is 0.682. The van der Waals surface area contributed by atoms with E-state index >= 15 is 0 Å². The number of benzene rings is 1. The molecule has 0 fully saturated rings. The fraction of sp³-hybridized carbons (Fsp3) is 0.200. The number of nitrogens with two attached hydrogens (primary N) is 1. The van der Waals surface area contributed by atoms with Gasteiger partial charge in [-0.2, -0.15) is 0 Å². The van der Waals surface area contributed by atoms with Crippen molar-refractivity contribution in [2.75, 3.05) is 5.32 Å². The molecular weight excluding hydrogens is 364 g/mol. The monoisotopic (exact) mass is 383 g/mol. The highest BCUT2D eigenvalue weighted by atomic mass is 19.1. The second kappa shape index (κ2) is 7.67. The first-order chi connectivity index (χ1) is 13.3. The topological polar surface area (TPSA) is 93.8 Å². The molecule has 2 aromatic heterocycles. The van der Waals surface area contributed by atoms with Crippen molar-refractivity contribution in [1.82, 2.24) is 15.0 Å². The predicted molar refractivity (Wildman–Crippen MR) is 101 cm³/mol. The number of anilines is 1. The number of hydrogen-bond donors (Lipinski definition) is 2. The van der Waals surface area contributed by atoms with E-state index < -0.39 is 23.1 Å². The van der Waals surface area contributed by atoms with Crippen LogP contribution in [-0.4, -0.2) is 20.9 Å². The summed E-state index contributed by atoms with van der Waals surface area (Å²) in [5, 5.41) is 3.03. The van der Waals surface area contributed by atoms with E-state index in [4.69, 9.17) is 5.73 Å². The zero-order valence-electron chi connectivity index (χ0n) is 15.4. The van der Waals surface area contributed by atoms with E-state index in [2.05, 4.69) is 20.3 Å². The van der Waals surface area contributed by atoms with E-state index in [9.17, 15) is 13.6 Å². The molecular formula is C20H19F2N5O. The molecule has 0 aliphatic carbocycles. The molecule has 0 saturated heterocycles. The largest absolute Gasteiger partial charge is 0.369 e. The Bertz CT molecular complexity index is 1010. The van der Waals surface area contributed by atoms with Crippen molar-refractivity contribution in [2.24, 2.45) is 5.73 Å². The minimum absolute atomic E-state index is 0.0115. The molecule has 0 radical (unpaired) electrons. The third kappa shape index (κ3) is 4.28. The summed E-state index contributed by atoms with van der Waals surface area (Å²) in [5.74, 6) is -1.16. The van der Waals surface area contributed by atoms with Gasteiger partial charge in [-0.25, -0.2) is 18.7 Å². The van der Waals surface area contributed by atoms with E-state index in [0.29, 0.717) is 11.1 Å². The molecule has 3 aromatic rings. The van der Waals surface area contributed by atoms with Crippen molar-refractivity contribution < 1.29 is 13.6 Å². The van der Waals surface area contributed by atoms with Crippen LogP contribution in [0.5, 0.6) is 0 Å². The number of halogens is 2. The molecule has 0 aliphatic heterocycles. The van der Waals surface area contributed by atoms with Crippen LogP contribution in [0.3, 0.4) is 0 Å². The van der Waals surface area contributed by atoms with Gasteiger partial charge >= 0.3 is 0 Å². The highest BCUT2D eigenvalue weighted by Crippen LogP contribution is 2.26. The van der Waals surface area contributed by atoms with Crippen molar-refractivity contribution in [3.63, 3.8) is 0 Å². The number of primary amides is 1. The van der Waals surface area contributed by atoms with E-state index in [1.165, 1.54) is 42.9 Å². The maximum atomic E-state index is 14.2. The Kier molecular flexibility index (Phi) is 5.30. The molecule has 2 heterocycles. The molecule has 8 heteroatoms. The number of rotatable bonds is 6. The van der Waals surface area contributed by atoms with Crippen molar-refractivity contribution in [3.8, 4) is 11.1 Å². The lowest BCUT2D eigenvalue weighted by molar-refractivity contribution is -0.117. The highest BCUT2D eigenvalue weighted by Gasteiger charge is 2.26. The van der Waals surface area contributed by atoms with Crippen LogP contribution in [0.25, 0.3) is 11.1 Å². The van der Waals surface area contributed by atoms with Crippen LogP contribution < -0.4 is 11.1 Å². The first kappa shape index (κ1) is 19.3. The molecule has 0 bridgehead atoms. The molecule has 0 atom stereocenters. The number of pyridine rings is 1. The van der Waals surface area contributed by atoms with Crippen molar-refractivity contribution in [3.05, 3.63) is 71.8 Å². The Balaban J connectivity index is 1.84. The van der Waals surface area contributed by atoms with E-state index in [1.54, 1.807) is 19.9 Å². The zero-order chi connectivity index (χ0) is 20.3. The lowest BCUT2D eigenvalue weighted by Gasteiger charge is -2.26. The summed E-state index contributed by atoms with van der Waals surface area (Å²) in [6, 6.07) is 7.16. The van der Waals surface area contributed by atoms with Gasteiger partial charge in [0.15, 0.2) is 0 Å². The van der Waals surface area contributed by atoms with Crippen LogP contribution in [0, 0.1) is 11.6 Å². The van der Waals surface area contributed by atoms with Gasteiger partial charge in [0, 0.05) is 29.7 Å². The number of nitrogens with one attached hydrogen (secondary N) is 1. The Morgan fingerprint density at radius 2 is 1.82 bits per heavy atom. The minimum Gasteiger partial charge on any atom is -0.369 e. The zero-order valence-corrected chi connectivity index (χ0v) is 15.4. The maximum Gasteiger partial charge on any atom is 0.223 e. The van der Waals surface area contributed by atoms with E-state index in [0.717, 1.165) is 0 Å². The normalized spacial score (nSPS) is 11.3. The molecule has 1 amide bonds. The Hall–Kier alpha value is -3.42. The third-order valence-electron chi connectivity index (χ3n) is 4.15. The SMILES string of the molecule is CC(C)(Nc1ncc(-c2cc(CC(N)=O)ccc2F)cn1)c1ncccc1F. The molecule has 144 valence electrons. The van der Waals surface area contributed by atoms with Crippen molar-refractivity contribution >= 4 is 11.9 Å². The van der Waals surface area contributed by atoms with Crippen LogP contribution in [-0.2, 0) is 16.8 Å². The number of hydrogen-bond acceptors (Lipinski definition) is 5. The molecule has 6 nitrogen and oxygen atoms in total. The van der Waals surface area contributed by atoms with Gasteiger partial charge in [-0.05, 0) is 43.7 Å². The standard InChI is InChI=1S/C20H19F2N5O/c1-20(2,18-16(22)4-3-7-24-18)27-19-25-10-13(11-26-19)14-8-12(9-17(23)28)5-6-15(14)21/h3-8,10-11H,9H2,1-2H3,(H2,23,28)(H,25,26,27). The lowest BCUT2D eigenvalue weighted by Crippen LogP contribution is -2.31. The second-order valence-corrected chi connectivity index (χ2v) is 6.84. The average Bonchev–Trinajstić information content (AvgIpc) is 2.63. The van der Waals surface area contributed by atoms with Crippen LogP contribution in [0.15, 0.2) is 48.9 Å².